The third kappa shape index (κ3) is 2.24. The van der Waals surface area contributed by atoms with Crippen LogP contribution in [0.2, 0.25) is 0 Å². The van der Waals surface area contributed by atoms with E-state index in [9.17, 15) is 4.39 Å². The normalized spacial score (nSPS) is 26.7. The maximum absolute atomic E-state index is 13.6. The monoisotopic (exact) mass is 248 g/mol. The Balaban J connectivity index is 1.79. The molecular formula is C15H21FN2. The van der Waals surface area contributed by atoms with Crippen molar-refractivity contribution in [2.45, 2.75) is 25.8 Å². The predicted octanol–water partition coefficient (Wildman–Crippen LogP) is 2.78. The summed E-state index contributed by atoms with van der Waals surface area (Å²) in [6.07, 6.45) is 4.11. The summed E-state index contributed by atoms with van der Waals surface area (Å²) in [6.45, 7) is 2.96. The summed E-state index contributed by atoms with van der Waals surface area (Å²) >= 11 is 0. The average molecular weight is 248 g/mol. The molecule has 1 saturated heterocycles. The molecule has 1 aliphatic heterocycles. The SMILES string of the molecule is CNCc1cc(F)cc(N2CC3CCCC3C2)c1. The molecule has 0 amide bonds. The molecule has 2 fully saturated rings. The molecule has 2 aliphatic rings. The molecule has 98 valence electrons. The van der Waals surface area contributed by atoms with Gasteiger partial charge in [0.25, 0.3) is 0 Å². The highest BCUT2D eigenvalue weighted by Gasteiger charge is 2.36. The first-order valence-electron chi connectivity index (χ1n) is 6.95. The molecular weight excluding hydrogens is 227 g/mol. The van der Waals surface area contributed by atoms with Gasteiger partial charge in [-0.1, -0.05) is 6.42 Å². The van der Waals surface area contributed by atoms with Gasteiger partial charge in [-0.15, -0.1) is 0 Å². The van der Waals surface area contributed by atoms with Crippen LogP contribution in [0, 0.1) is 17.7 Å². The van der Waals surface area contributed by atoms with Gasteiger partial charge in [-0.3, -0.25) is 0 Å². The Labute approximate surface area is 108 Å². The topological polar surface area (TPSA) is 15.3 Å². The lowest BCUT2D eigenvalue weighted by Crippen LogP contribution is -2.21. The second-order valence-electron chi connectivity index (χ2n) is 5.70. The van der Waals surface area contributed by atoms with Crippen LogP contribution in [0.1, 0.15) is 24.8 Å². The van der Waals surface area contributed by atoms with Crippen molar-refractivity contribution in [3.05, 3.63) is 29.6 Å². The molecule has 1 heterocycles. The predicted molar refractivity (Wildman–Crippen MR) is 72.2 cm³/mol. The van der Waals surface area contributed by atoms with Gasteiger partial charge in [-0.05, 0) is 55.5 Å². The van der Waals surface area contributed by atoms with Gasteiger partial charge in [0.1, 0.15) is 5.82 Å². The summed E-state index contributed by atoms with van der Waals surface area (Å²) in [5.41, 5.74) is 2.10. The fourth-order valence-electron chi connectivity index (χ4n) is 3.57. The van der Waals surface area contributed by atoms with Gasteiger partial charge >= 0.3 is 0 Å². The zero-order valence-corrected chi connectivity index (χ0v) is 11.0. The Morgan fingerprint density at radius 2 is 1.94 bits per heavy atom. The third-order valence-electron chi connectivity index (χ3n) is 4.41. The first-order chi connectivity index (χ1) is 8.76. The summed E-state index contributed by atoms with van der Waals surface area (Å²) in [5.74, 6) is 1.58. The summed E-state index contributed by atoms with van der Waals surface area (Å²) < 4.78 is 13.6. The number of halogens is 1. The summed E-state index contributed by atoms with van der Waals surface area (Å²) in [5, 5.41) is 3.08. The highest BCUT2D eigenvalue weighted by Crippen LogP contribution is 2.39. The lowest BCUT2D eigenvalue weighted by Gasteiger charge is -2.20. The van der Waals surface area contributed by atoms with Crippen LogP contribution in [-0.4, -0.2) is 20.1 Å². The lowest BCUT2D eigenvalue weighted by atomic mass is 10.0. The van der Waals surface area contributed by atoms with E-state index >= 15 is 0 Å². The molecule has 1 aromatic carbocycles. The van der Waals surface area contributed by atoms with E-state index < -0.39 is 0 Å². The van der Waals surface area contributed by atoms with E-state index in [4.69, 9.17) is 0 Å². The first-order valence-corrected chi connectivity index (χ1v) is 6.95. The van der Waals surface area contributed by atoms with Gasteiger partial charge < -0.3 is 10.2 Å². The molecule has 0 aromatic heterocycles. The van der Waals surface area contributed by atoms with E-state index in [0.717, 1.165) is 42.7 Å². The van der Waals surface area contributed by atoms with Crippen molar-refractivity contribution in [2.24, 2.45) is 11.8 Å². The quantitative estimate of drug-likeness (QED) is 0.885. The second kappa shape index (κ2) is 4.88. The smallest absolute Gasteiger partial charge is 0.125 e. The first kappa shape index (κ1) is 12.0. The van der Waals surface area contributed by atoms with Crippen LogP contribution in [-0.2, 0) is 6.54 Å². The van der Waals surface area contributed by atoms with E-state index in [0.29, 0.717) is 0 Å². The Bertz CT molecular complexity index is 421. The van der Waals surface area contributed by atoms with Gasteiger partial charge in [0.05, 0.1) is 0 Å². The molecule has 1 aliphatic carbocycles. The Morgan fingerprint density at radius 3 is 2.61 bits per heavy atom. The van der Waals surface area contributed by atoms with Crippen LogP contribution in [0.5, 0.6) is 0 Å². The van der Waals surface area contributed by atoms with Crippen molar-refractivity contribution < 1.29 is 4.39 Å². The van der Waals surface area contributed by atoms with Crippen molar-refractivity contribution in [1.29, 1.82) is 0 Å². The van der Waals surface area contributed by atoms with Crippen molar-refractivity contribution in [3.63, 3.8) is 0 Å². The maximum Gasteiger partial charge on any atom is 0.125 e. The minimum absolute atomic E-state index is 0.116. The molecule has 0 radical (unpaired) electrons. The van der Waals surface area contributed by atoms with E-state index in [-0.39, 0.29) is 5.82 Å². The number of fused-ring (bicyclic) bond motifs is 1. The van der Waals surface area contributed by atoms with Gasteiger partial charge in [-0.2, -0.15) is 0 Å². The Morgan fingerprint density at radius 1 is 1.22 bits per heavy atom. The molecule has 2 unspecified atom stereocenters. The highest BCUT2D eigenvalue weighted by molar-refractivity contribution is 5.50. The van der Waals surface area contributed by atoms with Crippen LogP contribution >= 0.6 is 0 Å². The van der Waals surface area contributed by atoms with Crippen molar-refractivity contribution in [3.8, 4) is 0 Å². The largest absolute Gasteiger partial charge is 0.371 e. The molecule has 18 heavy (non-hydrogen) atoms. The Hall–Kier alpha value is -1.09. The number of rotatable bonds is 3. The van der Waals surface area contributed by atoms with Crippen molar-refractivity contribution >= 4 is 5.69 Å². The number of nitrogens with zero attached hydrogens (tertiary/aromatic N) is 1. The standard InChI is InChI=1S/C15H21FN2/c1-17-8-11-5-14(16)7-15(6-11)18-9-12-3-2-4-13(12)10-18/h5-7,12-13,17H,2-4,8-10H2,1H3. The molecule has 1 saturated carbocycles. The van der Waals surface area contributed by atoms with E-state index in [1.165, 1.54) is 19.3 Å². The molecule has 3 rings (SSSR count). The van der Waals surface area contributed by atoms with Gasteiger partial charge in [-0.25, -0.2) is 4.39 Å². The zero-order valence-electron chi connectivity index (χ0n) is 11.0. The molecule has 2 nitrogen and oxygen atoms in total. The van der Waals surface area contributed by atoms with Crippen LogP contribution in [0.15, 0.2) is 18.2 Å². The van der Waals surface area contributed by atoms with E-state index in [1.54, 1.807) is 12.1 Å². The molecule has 0 spiro atoms. The van der Waals surface area contributed by atoms with Gasteiger partial charge in [0.15, 0.2) is 0 Å². The molecule has 1 aromatic rings. The van der Waals surface area contributed by atoms with Crippen LogP contribution in [0.4, 0.5) is 10.1 Å². The minimum atomic E-state index is -0.116. The summed E-state index contributed by atoms with van der Waals surface area (Å²) in [6, 6.07) is 5.43. The summed E-state index contributed by atoms with van der Waals surface area (Å²) in [4.78, 5) is 2.37. The molecule has 1 N–H and O–H groups in total. The fourth-order valence-corrected chi connectivity index (χ4v) is 3.57. The van der Waals surface area contributed by atoms with E-state index in [1.807, 2.05) is 7.05 Å². The van der Waals surface area contributed by atoms with Crippen molar-refractivity contribution in [1.82, 2.24) is 5.32 Å². The summed E-state index contributed by atoms with van der Waals surface area (Å²) in [7, 11) is 1.89. The molecule has 0 bridgehead atoms. The van der Waals surface area contributed by atoms with Gasteiger partial charge in [0, 0.05) is 25.3 Å². The number of hydrogen-bond acceptors (Lipinski definition) is 2. The zero-order chi connectivity index (χ0) is 12.5. The average Bonchev–Trinajstić information content (AvgIpc) is 2.88. The lowest BCUT2D eigenvalue weighted by molar-refractivity contribution is 0.494. The van der Waals surface area contributed by atoms with Crippen LogP contribution in [0.3, 0.4) is 0 Å². The molecule has 3 heteroatoms. The molecule has 2 atom stereocenters. The van der Waals surface area contributed by atoms with Crippen LogP contribution in [0.25, 0.3) is 0 Å². The van der Waals surface area contributed by atoms with E-state index in [2.05, 4.69) is 16.3 Å². The van der Waals surface area contributed by atoms with Crippen molar-refractivity contribution in [2.75, 3.05) is 25.0 Å². The third-order valence-corrected chi connectivity index (χ3v) is 4.41. The number of anilines is 1. The maximum atomic E-state index is 13.6. The van der Waals surface area contributed by atoms with Gasteiger partial charge in [0.2, 0.25) is 0 Å². The number of hydrogen-bond donors (Lipinski definition) is 1. The second-order valence-corrected chi connectivity index (χ2v) is 5.70. The fraction of sp³-hybridized carbons (Fsp3) is 0.600. The number of benzene rings is 1. The van der Waals surface area contributed by atoms with Crippen LogP contribution < -0.4 is 10.2 Å². The Kier molecular flexibility index (Phi) is 3.25. The highest BCUT2D eigenvalue weighted by atomic mass is 19.1. The minimum Gasteiger partial charge on any atom is -0.371 e. The number of nitrogens with one attached hydrogen (secondary N) is 1.